The number of rotatable bonds is 24. The van der Waals surface area contributed by atoms with Gasteiger partial charge in [0.1, 0.15) is 0 Å². The molecule has 12 aromatic carbocycles. The van der Waals surface area contributed by atoms with E-state index >= 15 is 0 Å². The van der Waals surface area contributed by atoms with Crippen molar-refractivity contribution in [2.45, 2.75) is 311 Å². The summed E-state index contributed by atoms with van der Waals surface area (Å²) in [5.41, 5.74) is 0. The number of hydrogen-bond donors (Lipinski definition) is 0. The Kier molecular flexibility index (Phi) is 47.7. The molecule has 0 heterocycles. The zero-order chi connectivity index (χ0) is 103. The van der Waals surface area contributed by atoms with E-state index in [-0.39, 0.29) is 95.1 Å². The lowest BCUT2D eigenvalue weighted by atomic mass is 10.3. The van der Waals surface area contributed by atoms with Gasteiger partial charge in [0.15, 0.2) is 0 Å². The first-order chi connectivity index (χ1) is 64.2. The first-order valence-electron chi connectivity index (χ1n) is 50.1. The average Bonchev–Trinajstić information content (AvgIpc) is 0.822. The predicted octanol–water partition coefficient (Wildman–Crippen LogP) is 36.9. The van der Waals surface area contributed by atoms with Crippen LogP contribution in [0.4, 0.5) is 0 Å². The van der Waals surface area contributed by atoms with Crippen LogP contribution in [0.15, 0.2) is 364 Å². The molecule has 0 aliphatic carbocycles. The summed E-state index contributed by atoms with van der Waals surface area (Å²) in [5.74, 6) is 7.87. The second-order valence-electron chi connectivity index (χ2n) is 48.1. The van der Waals surface area contributed by atoms with Gasteiger partial charge in [-0.25, -0.2) is 0 Å². The van der Waals surface area contributed by atoms with E-state index in [1.54, 1.807) is 63.7 Å². The van der Waals surface area contributed by atoms with Crippen molar-refractivity contribution in [1.29, 1.82) is 0 Å². The molecule has 0 aliphatic heterocycles. The fourth-order valence-electron chi connectivity index (χ4n) is 16.3. The standard InChI is InChI=1S/6C21H30P2/c6*1-20(2,3)22(18-13-9-7-10-14-18)17-23(21(4,5)6)19-15-11-8-12-16-19/h6*7-16H,17H2,1-6H3. The highest BCUT2D eigenvalue weighted by Crippen LogP contribution is 2.68. The molecule has 0 amide bonds. The van der Waals surface area contributed by atoms with E-state index in [9.17, 15) is 0 Å². The Morgan fingerprint density at radius 2 is 0.145 bits per heavy atom. The molecule has 0 nitrogen and oxygen atoms in total. The third-order valence-corrected chi connectivity index (χ3v) is 68.3. The largest absolute Gasteiger partial charge is 0.0651 e. The van der Waals surface area contributed by atoms with Crippen molar-refractivity contribution in [3.63, 3.8) is 0 Å². The van der Waals surface area contributed by atoms with Gasteiger partial charge in [0.2, 0.25) is 0 Å². The van der Waals surface area contributed by atoms with E-state index in [4.69, 9.17) is 0 Å². The monoisotopic (exact) mass is 2070 g/mol. The molecule has 12 heteroatoms. The van der Waals surface area contributed by atoms with Crippen LogP contribution in [-0.4, -0.2) is 97.3 Å². The summed E-state index contributed by atoms with van der Waals surface area (Å²) in [6, 6.07) is 134. The molecule has 744 valence electrons. The lowest BCUT2D eigenvalue weighted by Gasteiger charge is -2.40. The van der Waals surface area contributed by atoms with E-state index in [2.05, 4.69) is 613 Å². The fraction of sp³-hybridized carbons (Fsp3) is 0.429. The van der Waals surface area contributed by atoms with Crippen LogP contribution in [0.3, 0.4) is 0 Å². The van der Waals surface area contributed by atoms with E-state index in [0.29, 0.717) is 61.9 Å². The highest BCUT2D eigenvalue weighted by Gasteiger charge is 2.41. The molecule has 138 heavy (non-hydrogen) atoms. The summed E-state index contributed by atoms with van der Waals surface area (Å²) >= 11 is 0. The minimum Gasteiger partial charge on any atom is -0.0651 e. The second kappa shape index (κ2) is 54.5. The summed E-state index contributed by atoms with van der Waals surface area (Å²) in [7, 11) is -2.34. The van der Waals surface area contributed by atoms with E-state index in [0.717, 1.165) is 0 Å². The number of hydrogen-bond acceptors (Lipinski definition) is 0. The van der Waals surface area contributed by atoms with Gasteiger partial charge in [0, 0.05) is 0 Å². The Bertz CT molecular complexity index is 4090. The molecule has 0 N–H and O–H groups in total. The van der Waals surface area contributed by atoms with Gasteiger partial charge in [-0.05, 0) is 161 Å². The Balaban J connectivity index is 0.000000225. The second-order valence-corrected chi connectivity index (χ2v) is 87.4. The predicted molar refractivity (Wildman–Crippen MR) is 662 cm³/mol. The fourth-order valence-corrected chi connectivity index (χ4v) is 67.0. The molecule has 12 aromatic rings. The van der Waals surface area contributed by atoms with Gasteiger partial charge in [0.25, 0.3) is 0 Å². The molecule has 0 aliphatic rings. The quantitative estimate of drug-likeness (QED) is 0.0529. The molecule has 0 spiro atoms. The lowest BCUT2D eigenvalue weighted by Crippen LogP contribution is -2.26. The van der Waals surface area contributed by atoms with Gasteiger partial charge in [-0.2, -0.15) is 0 Å². The zero-order valence-corrected chi connectivity index (χ0v) is 103. The molecular formula is C126H180P12. The van der Waals surface area contributed by atoms with E-state index in [1.807, 2.05) is 0 Å². The Morgan fingerprint density at radius 3 is 0.188 bits per heavy atom. The molecule has 0 fully saturated rings. The van der Waals surface area contributed by atoms with E-state index in [1.165, 1.54) is 35.4 Å². The molecule has 0 aromatic heterocycles. The summed E-state index contributed by atoms with van der Waals surface area (Å²) in [6.07, 6.45) is 0. The first kappa shape index (κ1) is 121. The molecule has 12 rings (SSSR count). The molecule has 0 bridgehead atoms. The van der Waals surface area contributed by atoms with Crippen molar-refractivity contribution in [2.75, 3.05) is 35.4 Å². The zero-order valence-electron chi connectivity index (χ0n) is 92.3. The van der Waals surface area contributed by atoms with Crippen LogP contribution in [0.1, 0.15) is 249 Å². The summed E-state index contributed by atoms with van der Waals surface area (Å²) in [4.78, 5) is 0. The smallest absolute Gasteiger partial charge is 0.00305 e. The molecular weight excluding hydrogens is 1890 g/mol. The minimum atomic E-state index is -0.195. The van der Waals surface area contributed by atoms with Crippen LogP contribution in [0.25, 0.3) is 0 Å². The number of benzene rings is 12. The first-order valence-corrected chi connectivity index (χ1v) is 68.4. The SMILES string of the molecule is CC(C)(C)P(CP(c1ccccc1)C(C)(C)C)c1ccccc1.CC(C)(C)P(CP(c1ccccc1)C(C)(C)C)c1ccccc1.CC(C)(C)P(CP(c1ccccc1)C(C)(C)C)c1ccccc1.CC(C)(C)P(CP(c1ccccc1)C(C)(C)C)c1ccccc1.CC(C)(C)P(CP(c1ccccc1)C(C)(C)C)c1ccccc1.CC(C)(C)P(CP(c1ccccc1)C(C)(C)C)c1ccccc1. The highest BCUT2D eigenvalue weighted by atomic mass is 31.2. The summed E-state index contributed by atoms with van der Waals surface area (Å²) in [5, 5.41) is 22.5. The lowest BCUT2D eigenvalue weighted by molar-refractivity contribution is 0.781. The maximum Gasteiger partial charge on any atom is -0.00305 e. The Hall–Kier alpha value is -4.20. The molecule has 0 saturated carbocycles. The van der Waals surface area contributed by atoms with Crippen LogP contribution in [-0.2, 0) is 0 Å². The van der Waals surface area contributed by atoms with Crippen molar-refractivity contribution < 1.29 is 0 Å². The van der Waals surface area contributed by atoms with Gasteiger partial charge in [-0.15, -0.1) is 0 Å². The third-order valence-electron chi connectivity index (χ3n) is 24.2. The van der Waals surface area contributed by atoms with Gasteiger partial charge in [-0.1, -0.05) is 708 Å². The van der Waals surface area contributed by atoms with Crippen LogP contribution < -0.4 is 63.7 Å². The molecule has 12 unspecified atom stereocenters. The topological polar surface area (TPSA) is 0 Å². The minimum absolute atomic E-state index is 0.195. The van der Waals surface area contributed by atoms with Crippen molar-refractivity contribution in [3.8, 4) is 0 Å². The average molecular weight is 2070 g/mol. The maximum absolute atomic E-state index is 2.41. The van der Waals surface area contributed by atoms with Gasteiger partial charge < -0.3 is 0 Å². The molecule has 12 atom stereocenters. The molecule has 0 radical (unpaired) electrons. The van der Waals surface area contributed by atoms with Crippen molar-refractivity contribution >= 4 is 159 Å². The summed E-state index contributed by atoms with van der Waals surface area (Å²) < 4.78 is 0. The van der Waals surface area contributed by atoms with Crippen molar-refractivity contribution in [1.82, 2.24) is 0 Å². The Labute approximate surface area is 862 Å². The third kappa shape index (κ3) is 40.6. The highest BCUT2D eigenvalue weighted by molar-refractivity contribution is 7.86. The maximum atomic E-state index is 2.41. The van der Waals surface area contributed by atoms with Crippen LogP contribution >= 0.6 is 95.1 Å². The van der Waals surface area contributed by atoms with Crippen LogP contribution in [0, 0.1) is 0 Å². The van der Waals surface area contributed by atoms with Crippen LogP contribution in [0.2, 0.25) is 0 Å². The van der Waals surface area contributed by atoms with Gasteiger partial charge in [-0.3, -0.25) is 0 Å². The molecule has 0 saturated heterocycles. The van der Waals surface area contributed by atoms with E-state index < -0.39 is 0 Å². The Morgan fingerprint density at radius 1 is 0.0942 bits per heavy atom. The van der Waals surface area contributed by atoms with Gasteiger partial charge >= 0.3 is 0 Å². The van der Waals surface area contributed by atoms with Crippen LogP contribution in [0.5, 0.6) is 0 Å². The van der Waals surface area contributed by atoms with Crippen molar-refractivity contribution in [2.24, 2.45) is 0 Å². The summed E-state index contributed by atoms with van der Waals surface area (Å²) in [6.45, 7) is 86.7. The van der Waals surface area contributed by atoms with Crippen molar-refractivity contribution in [3.05, 3.63) is 364 Å². The normalized spacial score (nSPS) is 15.2. The van der Waals surface area contributed by atoms with Gasteiger partial charge in [0.05, 0.1) is 0 Å².